The molecule has 0 unspecified atom stereocenters. The van der Waals surface area contributed by atoms with Crippen molar-refractivity contribution < 1.29 is 13.2 Å². The Hall–Kier alpha value is -1.18. The van der Waals surface area contributed by atoms with E-state index in [1.54, 1.807) is 4.72 Å². The maximum absolute atomic E-state index is 11.7. The van der Waals surface area contributed by atoms with Crippen molar-refractivity contribution in [2.75, 3.05) is 12.8 Å². The Labute approximate surface area is 108 Å². The highest BCUT2D eigenvalue weighted by Crippen LogP contribution is 2.32. The number of anilines is 1. The van der Waals surface area contributed by atoms with E-state index in [0.29, 0.717) is 0 Å². The van der Waals surface area contributed by atoms with Crippen LogP contribution in [0.2, 0.25) is 10.0 Å². The van der Waals surface area contributed by atoms with Gasteiger partial charge < -0.3 is 11.1 Å². The van der Waals surface area contributed by atoms with Gasteiger partial charge in [-0.1, -0.05) is 23.2 Å². The lowest BCUT2D eigenvalue weighted by atomic mass is 10.3. The highest BCUT2D eigenvalue weighted by molar-refractivity contribution is 7.90. The molecule has 0 saturated carbocycles. The van der Waals surface area contributed by atoms with Crippen molar-refractivity contribution in [2.45, 2.75) is 4.90 Å². The molecule has 0 aromatic heterocycles. The van der Waals surface area contributed by atoms with E-state index < -0.39 is 16.1 Å². The third-order valence-electron chi connectivity index (χ3n) is 1.83. The number of halogens is 2. The van der Waals surface area contributed by atoms with Gasteiger partial charge in [-0.2, -0.15) is 0 Å². The Bertz CT molecular complexity index is 559. The fraction of sp³-hybridized carbons (Fsp3) is 0.125. The molecule has 1 aromatic rings. The molecule has 0 aliphatic heterocycles. The molecule has 0 bridgehead atoms. The Morgan fingerprint density at radius 3 is 2.47 bits per heavy atom. The van der Waals surface area contributed by atoms with Crippen LogP contribution in [0.5, 0.6) is 0 Å². The molecule has 1 aromatic carbocycles. The predicted octanol–water partition coefficient (Wildman–Crippen LogP) is 1.19. The maximum Gasteiger partial charge on any atom is 0.328 e. The first-order chi connectivity index (χ1) is 7.79. The second-order valence-electron chi connectivity index (χ2n) is 2.96. The topological polar surface area (TPSA) is 101 Å². The molecule has 0 radical (unpaired) electrons. The molecular weight excluding hydrogens is 289 g/mol. The van der Waals surface area contributed by atoms with Gasteiger partial charge in [0, 0.05) is 7.05 Å². The molecule has 2 amide bonds. The summed E-state index contributed by atoms with van der Waals surface area (Å²) in [6, 6.07) is 1.56. The summed E-state index contributed by atoms with van der Waals surface area (Å²) in [4.78, 5) is 10.6. The molecule has 4 N–H and O–H groups in total. The maximum atomic E-state index is 11.7. The zero-order valence-electron chi connectivity index (χ0n) is 8.62. The number of sulfonamides is 1. The van der Waals surface area contributed by atoms with Gasteiger partial charge >= 0.3 is 6.03 Å². The van der Waals surface area contributed by atoms with Crippen LogP contribution in [0.15, 0.2) is 17.0 Å². The SMILES string of the molecule is CNC(=O)NS(=O)(=O)c1ccc(Cl)c(N)c1Cl. The summed E-state index contributed by atoms with van der Waals surface area (Å²) in [5, 5.41) is 2.01. The van der Waals surface area contributed by atoms with Crippen molar-refractivity contribution in [3.63, 3.8) is 0 Å². The minimum Gasteiger partial charge on any atom is -0.396 e. The summed E-state index contributed by atoms with van der Waals surface area (Å²) >= 11 is 11.4. The van der Waals surface area contributed by atoms with Crippen LogP contribution < -0.4 is 15.8 Å². The van der Waals surface area contributed by atoms with Crippen molar-refractivity contribution in [2.24, 2.45) is 0 Å². The Morgan fingerprint density at radius 1 is 1.35 bits per heavy atom. The molecule has 0 spiro atoms. The number of amides is 2. The predicted molar refractivity (Wildman–Crippen MR) is 65.7 cm³/mol. The van der Waals surface area contributed by atoms with Gasteiger partial charge in [0.25, 0.3) is 10.0 Å². The van der Waals surface area contributed by atoms with Gasteiger partial charge in [0.1, 0.15) is 4.90 Å². The Morgan fingerprint density at radius 2 is 1.94 bits per heavy atom. The largest absolute Gasteiger partial charge is 0.396 e. The zero-order valence-corrected chi connectivity index (χ0v) is 10.9. The highest BCUT2D eigenvalue weighted by atomic mass is 35.5. The minimum atomic E-state index is -4.07. The second kappa shape index (κ2) is 4.99. The van der Waals surface area contributed by atoms with Crippen molar-refractivity contribution in [3.8, 4) is 0 Å². The minimum absolute atomic E-state index is 0.0619. The number of hydrogen-bond donors (Lipinski definition) is 3. The summed E-state index contributed by atoms with van der Waals surface area (Å²) in [5.41, 5.74) is 5.42. The third kappa shape index (κ3) is 2.93. The van der Waals surface area contributed by atoms with E-state index in [4.69, 9.17) is 28.9 Å². The fourth-order valence-corrected chi connectivity index (χ4v) is 2.71. The van der Waals surface area contributed by atoms with Gasteiger partial charge in [-0.25, -0.2) is 17.9 Å². The van der Waals surface area contributed by atoms with E-state index in [0.717, 1.165) is 6.07 Å². The van der Waals surface area contributed by atoms with E-state index >= 15 is 0 Å². The summed E-state index contributed by atoms with van der Waals surface area (Å²) in [7, 11) is -2.79. The second-order valence-corrected chi connectivity index (χ2v) is 5.39. The molecular formula is C8H9Cl2N3O3S. The van der Waals surface area contributed by atoms with Gasteiger partial charge in [-0.3, -0.25) is 0 Å². The van der Waals surface area contributed by atoms with Gasteiger partial charge in [0.05, 0.1) is 15.7 Å². The molecule has 94 valence electrons. The van der Waals surface area contributed by atoms with Crippen molar-refractivity contribution in [1.29, 1.82) is 0 Å². The molecule has 9 heteroatoms. The number of carbonyl (C=O) groups excluding carboxylic acids is 1. The number of benzene rings is 1. The quantitative estimate of drug-likeness (QED) is 0.714. The average Bonchev–Trinajstić information content (AvgIpc) is 2.24. The van der Waals surface area contributed by atoms with E-state index in [2.05, 4.69) is 5.32 Å². The van der Waals surface area contributed by atoms with Gasteiger partial charge in [0.2, 0.25) is 0 Å². The number of urea groups is 1. The molecule has 0 saturated heterocycles. The van der Waals surface area contributed by atoms with Crippen LogP contribution in [0.4, 0.5) is 10.5 Å². The summed E-state index contributed by atoms with van der Waals surface area (Å²) < 4.78 is 25.2. The van der Waals surface area contributed by atoms with E-state index in [9.17, 15) is 13.2 Å². The van der Waals surface area contributed by atoms with Crippen LogP contribution in [0.1, 0.15) is 0 Å². The lowest BCUT2D eigenvalue weighted by Gasteiger charge is -2.10. The summed E-state index contributed by atoms with van der Waals surface area (Å²) in [6.07, 6.45) is 0. The Kier molecular flexibility index (Phi) is 4.07. The van der Waals surface area contributed by atoms with Crippen LogP contribution >= 0.6 is 23.2 Å². The smallest absolute Gasteiger partial charge is 0.328 e. The molecule has 1 rings (SSSR count). The van der Waals surface area contributed by atoms with E-state index in [-0.39, 0.29) is 20.6 Å². The number of hydrogen-bond acceptors (Lipinski definition) is 4. The summed E-state index contributed by atoms with van der Waals surface area (Å²) in [6.45, 7) is 0. The van der Waals surface area contributed by atoms with Gasteiger partial charge in [-0.05, 0) is 12.1 Å². The number of nitrogens with two attached hydrogens (primary N) is 1. The fourth-order valence-electron chi connectivity index (χ4n) is 0.985. The highest BCUT2D eigenvalue weighted by Gasteiger charge is 2.22. The number of rotatable bonds is 2. The zero-order chi connectivity index (χ0) is 13.2. The first-order valence-corrected chi connectivity index (χ1v) is 6.51. The molecule has 0 heterocycles. The van der Waals surface area contributed by atoms with Gasteiger partial charge in [-0.15, -0.1) is 0 Å². The van der Waals surface area contributed by atoms with Crippen LogP contribution in [-0.2, 0) is 10.0 Å². The standard InChI is InChI=1S/C8H9Cl2N3O3S/c1-12-8(14)13-17(15,16)5-3-2-4(9)7(11)6(5)10/h2-3H,11H2,1H3,(H2,12,13,14). The van der Waals surface area contributed by atoms with Gasteiger partial charge in [0.15, 0.2) is 0 Å². The monoisotopic (exact) mass is 297 g/mol. The summed E-state index contributed by atoms with van der Waals surface area (Å²) in [5.74, 6) is 0. The number of nitrogen functional groups attached to an aromatic ring is 1. The Balaban J connectivity index is 3.26. The van der Waals surface area contributed by atoms with Crippen molar-refractivity contribution in [1.82, 2.24) is 10.0 Å². The lowest BCUT2D eigenvalue weighted by Crippen LogP contribution is -2.37. The van der Waals surface area contributed by atoms with Crippen molar-refractivity contribution >= 4 is 44.9 Å². The van der Waals surface area contributed by atoms with E-state index in [1.165, 1.54) is 13.1 Å². The van der Waals surface area contributed by atoms with E-state index in [1.807, 2.05) is 0 Å². The average molecular weight is 298 g/mol. The lowest BCUT2D eigenvalue weighted by molar-refractivity contribution is 0.248. The molecule has 0 aliphatic rings. The first kappa shape index (κ1) is 13.9. The van der Waals surface area contributed by atoms with Crippen LogP contribution in [0.3, 0.4) is 0 Å². The normalized spacial score (nSPS) is 11.0. The molecule has 0 fully saturated rings. The van der Waals surface area contributed by atoms with Crippen molar-refractivity contribution in [3.05, 3.63) is 22.2 Å². The van der Waals surface area contributed by atoms with Crippen LogP contribution in [-0.4, -0.2) is 21.5 Å². The molecule has 17 heavy (non-hydrogen) atoms. The van der Waals surface area contributed by atoms with Crippen LogP contribution in [0, 0.1) is 0 Å². The molecule has 0 aliphatic carbocycles. The number of carbonyl (C=O) groups is 1. The van der Waals surface area contributed by atoms with Crippen LogP contribution in [0.25, 0.3) is 0 Å². The molecule has 6 nitrogen and oxygen atoms in total. The number of nitrogens with one attached hydrogen (secondary N) is 2. The third-order valence-corrected chi connectivity index (χ3v) is 4.06. The first-order valence-electron chi connectivity index (χ1n) is 4.27. The molecule has 0 atom stereocenters.